The zero-order valence-corrected chi connectivity index (χ0v) is 13.1. The van der Waals surface area contributed by atoms with Crippen LogP contribution in [-0.2, 0) is 0 Å². The number of benzene rings is 1. The molecular formula is C14H15BrFNOS. The Bertz CT molecular complexity index is 570. The highest BCUT2D eigenvalue weighted by molar-refractivity contribution is 9.10. The molecule has 0 aliphatic heterocycles. The minimum atomic E-state index is -0.394. The van der Waals surface area contributed by atoms with Crippen molar-refractivity contribution in [2.24, 2.45) is 5.73 Å². The third kappa shape index (κ3) is 3.35. The van der Waals surface area contributed by atoms with Gasteiger partial charge in [0.15, 0.2) is 11.6 Å². The molecule has 0 spiro atoms. The van der Waals surface area contributed by atoms with Crippen molar-refractivity contribution in [3.05, 3.63) is 50.4 Å². The summed E-state index contributed by atoms with van der Waals surface area (Å²) in [4.78, 5) is 1.04. The van der Waals surface area contributed by atoms with Gasteiger partial charge in [-0.1, -0.05) is 15.9 Å². The number of hydrogen-bond donors (Lipinski definition) is 1. The van der Waals surface area contributed by atoms with Gasteiger partial charge in [0.2, 0.25) is 0 Å². The summed E-state index contributed by atoms with van der Waals surface area (Å²) in [6.45, 7) is 3.86. The summed E-state index contributed by atoms with van der Waals surface area (Å²) in [6, 6.07) is 6.53. The van der Waals surface area contributed by atoms with Crippen LogP contribution >= 0.6 is 27.3 Å². The fourth-order valence-electron chi connectivity index (χ4n) is 1.78. The van der Waals surface area contributed by atoms with E-state index in [-0.39, 0.29) is 17.9 Å². The number of thiophene rings is 1. The van der Waals surface area contributed by atoms with E-state index in [0.29, 0.717) is 4.47 Å². The second-order valence-corrected chi connectivity index (χ2v) is 6.30. The molecular weight excluding hydrogens is 329 g/mol. The maximum absolute atomic E-state index is 13.8. The molecule has 2 atom stereocenters. The van der Waals surface area contributed by atoms with E-state index in [9.17, 15) is 4.39 Å². The smallest absolute Gasteiger partial charge is 0.166 e. The van der Waals surface area contributed by atoms with Gasteiger partial charge in [-0.3, -0.25) is 0 Å². The zero-order chi connectivity index (χ0) is 14.0. The molecule has 1 heterocycles. The highest BCUT2D eigenvalue weighted by Gasteiger charge is 2.22. The first-order valence-corrected chi connectivity index (χ1v) is 7.57. The van der Waals surface area contributed by atoms with Crippen LogP contribution in [0.1, 0.15) is 23.5 Å². The van der Waals surface area contributed by atoms with Gasteiger partial charge in [0.1, 0.15) is 6.10 Å². The molecule has 2 N–H and O–H groups in total. The molecule has 0 aliphatic carbocycles. The van der Waals surface area contributed by atoms with E-state index in [2.05, 4.69) is 15.9 Å². The average molecular weight is 344 g/mol. The summed E-state index contributed by atoms with van der Waals surface area (Å²) in [5.41, 5.74) is 7.09. The van der Waals surface area contributed by atoms with Crippen LogP contribution in [0.2, 0.25) is 0 Å². The minimum absolute atomic E-state index is 0.221. The van der Waals surface area contributed by atoms with Crippen molar-refractivity contribution in [3.8, 4) is 5.75 Å². The van der Waals surface area contributed by atoms with Gasteiger partial charge in [0, 0.05) is 15.4 Å². The Morgan fingerprint density at radius 3 is 2.63 bits per heavy atom. The standard InChI is InChI=1S/C14H15BrFNOS/c1-8-5-6-19-14(8)13(9(2)17)18-12-4-3-10(15)7-11(12)16/h3-7,9,13H,17H2,1-2H3. The van der Waals surface area contributed by atoms with Crippen molar-refractivity contribution < 1.29 is 9.13 Å². The molecule has 0 saturated carbocycles. The van der Waals surface area contributed by atoms with Crippen LogP contribution in [0.5, 0.6) is 5.75 Å². The lowest BCUT2D eigenvalue weighted by molar-refractivity contribution is 0.175. The van der Waals surface area contributed by atoms with E-state index in [1.165, 1.54) is 6.07 Å². The van der Waals surface area contributed by atoms with Crippen LogP contribution in [0.3, 0.4) is 0 Å². The van der Waals surface area contributed by atoms with Crippen molar-refractivity contribution in [2.75, 3.05) is 0 Å². The number of ether oxygens (including phenoxy) is 1. The third-order valence-corrected chi connectivity index (χ3v) is 4.36. The van der Waals surface area contributed by atoms with Gasteiger partial charge in [0.05, 0.1) is 0 Å². The predicted molar refractivity (Wildman–Crippen MR) is 80.2 cm³/mol. The van der Waals surface area contributed by atoms with Crippen molar-refractivity contribution >= 4 is 27.3 Å². The second-order valence-electron chi connectivity index (χ2n) is 4.44. The van der Waals surface area contributed by atoms with Crippen LogP contribution in [0.4, 0.5) is 4.39 Å². The van der Waals surface area contributed by atoms with Gasteiger partial charge in [-0.2, -0.15) is 0 Å². The zero-order valence-electron chi connectivity index (χ0n) is 10.7. The van der Waals surface area contributed by atoms with Crippen LogP contribution in [-0.4, -0.2) is 6.04 Å². The van der Waals surface area contributed by atoms with Gasteiger partial charge < -0.3 is 10.5 Å². The predicted octanol–water partition coefficient (Wildman–Crippen LogP) is 4.43. The van der Waals surface area contributed by atoms with E-state index < -0.39 is 5.82 Å². The molecule has 0 amide bonds. The Hall–Kier alpha value is -0.910. The number of aryl methyl sites for hydroxylation is 1. The van der Waals surface area contributed by atoms with E-state index in [1.54, 1.807) is 23.5 Å². The van der Waals surface area contributed by atoms with Gasteiger partial charge >= 0.3 is 0 Å². The lowest BCUT2D eigenvalue weighted by Crippen LogP contribution is -2.29. The van der Waals surface area contributed by atoms with Crippen LogP contribution in [0.15, 0.2) is 34.1 Å². The van der Waals surface area contributed by atoms with E-state index >= 15 is 0 Å². The van der Waals surface area contributed by atoms with Crippen molar-refractivity contribution in [1.29, 1.82) is 0 Å². The topological polar surface area (TPSA) is 35.2 Å². The van der Waals surface area contributed by atoms with Crippen molar-refractivity contribution in [3.63, 3.8) is 0 Å². The molecule has 0 saturated heterocycles. The maximum atomic E-state index is 13.8. The van der Waals surface area contributed by atoms with Crippen LogP contribution < -0.4 is 10.5 Å². The monoisotopic (exact) mass is 343 g/mol. The van der Waals surface area contributed by atoms with Gasteiger partial charge in [0.25, 0.3) is 0 Å². The SMILES string of the molecule is Cc1ccsc1C(Oc1ccc(Br)cc1F)C(C)N. The molecule has 1 aromatic carbocycles. The normalized spacial score (nSPS) is 14.2. The fraction of sp³-hybridized carbons (Fsp3) is 0.286. The summed E-state index contributed by atoms with van der Waals surface area (Å²) >= 11 is 4.80. The Balaban J connectivity index is 2.29. The number of hydrogen-bond acceptors (Lipinski definition) is 3. The Morgan fingerprint density at radius 2 is 2.11 bits per heavy atom. The molecule has 2 nitrogen and oxygen atoms in total. The molecule has 1 aromatic heterocycles. The summed E-state index contributed by atoms with van der Waals surface area (Å²) in [6.07, 6.45) is -0.337. The molecule has 0 aliphatic rings. The van der Waals surface area contributed by atoms with E-state index in [0.717, 1.165) is 10.4 Å². The molecule has 0 radical (unpaired) electrons. The second kappa shape index (κ2) is 6.03. The van der Waals surface area contributed by atoms with Crippen molar-refractivity contribution in [2.45, 2.75) is 26.0 Å². The van der Waals surface area contributed by atoms with Crippen LogP contribution in [0, 0.1) is 12.7 Å². The number of halogens is 2. The Labute approximate surface area is 124 Å². The highest BCUT2D eigenvalue weighted by atomic mass is 79.9. The van der Waals surface area contributed by atoms with Gasteiger partial charge in [-0.05, 0) is 49.1 Å². The quantitative estimate of drug-likeness (QED) is 0.891. The lowest BCUT2D eigenvalue weighted by atomic mass is 10.1. The van der Waals surface area contributed by atoms with Crippen LogP contribution in [0.25, 0.3) is 0 Å². The fourth-order valence-corrected chi connectivity index (χ4v) is 3.19. The average Bonchev–Trinajstić information content (AvgIpc) is 2.74. The third-order valence-electron chi connectivity index (χ3n) is 2.79. The molecule has 2 unspecified atom stereocenters. The highest BCUT2D eigenvalue weighted by Crippen LogP contribution is 2.32. The van der Waals surface area contributed by atoms with E-state index in [4.69, 9.17) is 10.5 Å². The summed E-state index contributed by atoms with van der Waals surface area (Å²) < 4.78 is 20.3. The summed E-state index contributed by atoms with van der Waals surface area (Å²) in [7, 11) is 0. The Kier molecular flexibility index (Phi) is 4.60. The minimum Gasteiger partial charge on any atom is -0.480 e. The molecule has 102 valence electrons. The molecule has 0 fully saturated rings. The summed E-state index contributed by atoms with van der Waals surface area (Å²) in [5.74, 6) is -0.174. The molecule has 2 rings (SSSR count). The number of nitrogens with two attached hydrogens (primary N) is 1. The van der Waals surface area contributed by atoms with Crippen molar-refractivity contribution in [1.82, 2.24) is 0 Å². The van der Waals surface area contributed by atoms with E-state index in [1.807, 2.05) is 25.3 Å². The molecule has 2 aromatic rings. The molecule has 19 heavy (non-hydrogen) atoms. The lowest BCUT2D eigenvalue weighted by Gasteiger charge is -2.22. The van der Waals surface area contributed by atoms with Gasteiger partial charge in [-0.25, -0.2) is 4.39 Å². The van der Waals surface area contributed by atoms with Gasteiger partial charge in [-0.15, -0.1) is 11.3 Å². The maximum Gasteiger partial charge on any atom is 0.166 e. The molecule has 0 bridgehead atoms. The first-order valence-electron chi connectivity index (χ1n) is 5.90. The Morgan fingerprint density at radius 1 is 1.37 bits per heavy atom. The first-order chi connectivity index (χ1) is 8.99. The number of rotatable bonds is 4. The molecule has 5 heteroatoms. The summed E-state index contributed by atoms with van der Waals surface area (Å²) in [5, 5.41) is 1.99. The largest absolute Gasteiger partial charge is 0.480 e. The first kappa shape index (κ1) is 14.5.